The molecule has 5 nitrogen and oxygen atoms in total. The zero-order valence-electron chi connectivity index (χ0n) is 9.28. The van der Waals surface area contributed by atoms with E-state index in [1.54, 1.807) is 6.07 Å². The molecule has 0 fully saturated rings. The quantitative estimate of drug-likeness (QED) is 0.716. The highest BCUT2D eigenvalue weighted by Gasteiger charge is 2.02. The van der Waals surface area contributed by atoms with Crippen molar-refractivity contribution in [2.24, 2.45) is 5.73 Å². The van der Waals surface area contributed by atoms with Crippen LogP contribution >= 0.6 is 48.0 Å². The predicted molar refractivity (Wildman–Crippen MR) is 79.3 cm³/mol. The SMILES string of the molecule is Cl.Cl.NCC(=O)NCCNc1ncc(Cl)cc1Cl. The molecule has 0 aliphatic carbocycles. The summed E-state index contributed by atoms with van der Waals surface area (Å²) in [6.45, 7) is 0.955. The fraction of sp³-hybridized carbons (Fsp3) is 0.333. The van der Waals surface area contributed by atoms with E-state index in [-0.39, 0.29) is 37.3 Å². The largest absolute Gasteiger partial charge is 0.367 e. The molecule has 0 aliphatic heterocycles. The van der Waals surface area contributed by atoms with Gasteiger partial charge in [-0.3, -0.25) is 4.79 Å². The van der Waals surface area contributed by atoms with E-state index in [1.165, 1.54) is 6.20 Å². The lowest BCUT2D eigenvalue weighted by Gasteiger charge is -2.08. The van der Waals surface area contributed by atoms with Gasteiger partial charge < -0.3 is 16.4 Å². The molecule has 1 aromatic rings. The summed E-state index contributed by atoms with van der Waals surface area (Å²) < 4.78 is 0. The zero-order valence-corrected chi connectivity index (χ0v) is 12.4. The molecule has 104 valence electrons. The first kappa shape index (κ1) is 19.9. The smallest absolute Gasteiger partial charge is 0.233 e. The van der Waals surface area contributed by atoms with Crippen LogP contribution in [-0.4, -0.2) is 30.5 Å². The highest BCUT2D eigenvalue weighted by molar-refractivity contribution is 6.35. The molecule has 1 heterocycles. The predicted octanol–water partition coefficient (Wildman–Crippen LogP) is 1.72. The van der Waals surface area contributed by atoms with Crippen molar-refractivity contribution in [2.45, 2.75) is 0 Å². The summed E-state index contributed by atoms with van der Waals surface area (Å²) >= 11 is 11.6. The van der Waals surface area contributed by atoms with Gasteiger partial charge in [-0.1, -0.05) is 23.2 Å². The number of nitrogens with one attached hydrogen (secondary N) is 2. The molecule has 0 radical (unpaired) electrons. The minimum absolute atomic E-state index is 0. The van der Waals surface area contributed by atoms with Crippen LogP contribution in [0.5, 0.6) is 0 Å². The maximum atomic E-state index is 10.8. The van der Waals surface area contributed by atoms with Crippen LogP contribution in [0.1, 0.15) is 0 Å². The second kappa shape index (κ2) is 10.5. The Kier molecular flexibility index (Phi) is 11.5. The number of anilines is 1. The highest BCUT2D eigenvalue weighted by atomic mass is 35.5. The monoisotopic (exact) mass is 334 g/mol. The Bertz CT molecular complexity index is 378. The number of carbonyl (C=O) groups excluding carboxylic acids is 1. The Morgan fingerprint density at radius 1 is 1.33 bits per heavy atom. The van der Waals surface area contributed by atoms with E-state index in [2.05, 4.69) is 15.6 Å². The summed E-state index contributed by atoms with van der Waals surface area (Å²) in [4.78, 5) is 14.8. The fourth-order valence-corrected chi connectivity index (χ4v) is 1.45. The lowest BCUT2D eigenvalue weighted by atomic mass is 10.4. The van der Waals surface area contributed by atoms with Gasteiger partial charge in [0.1, 0.15) is 5.82 Å². The first-order chi connectivity index (χ1) is 7.63. The van der Waals surface area contributed by atoms with Gasteiger partial charge in [0.15, 0.2) is 0 Å². The minimum Gasteiger partial charge on any atom is -0.367 e. The fourth-order valence-electron chi connectivity index (χ4n) is 1.000. The summed E-state index contributed by atoms with van der Waals surface area (Å²) in [5.41, 5.74) is 5.13. The van der Waals surface area contributed by atoms with Gasteiger partial charge in [-0.2, -0.15) is 0 Å². The van der Waals surface area contributed by atoms with E-state index in [0.29, 0.717) is 29.0 Å². The molecular weight excluding hydrogens is 322 g/mol. The number of aromatic nitrogens is 1. The lowest BCUT2D eigenvalue weighted by Crippen LogP contribution is -2.33. The van der Waals surface area contributed by atoms with Crippen molar-refractivity contribution < 1.29 is 4.79 Å². The summed E-state index contributed by atoms with van der Waals surface area (Å²) in [6, 6.07) is 1.59. The third-order valence-corrected chi connectivity index (χ3v) is 2.23. The second-order valence-corrected chi connectivity index (χ2v) is 3.81. The molecule has 0 atom stereocenters. The average molecular weight is 336 g/mol. The Morgan fingerprint density at radius 2 is 2.00 bits per heavy atom. The Morgan fingerprint density at radius 3 is 2.56 bits per heavy atom. The van der Waals surface area contributed by atoms with Crippen molar-refractivity contribution in [1.82, 2.24) is 10.3 Å². The summed E-state index contributed by atoms with van der Waals surface area (Å²) in [5.74, 6) is 0.338. The molecule has 4 N–H and O–H groups in total. The van der Waals surface area contributed by atoms with Gasteiger partial charge in [0.25, 0.3) is 0 Å². The molecule has 0 aromatic carbocycles. The topological polar surface area (TPSA) is 80.0 Å². The number of pyridine rings is 1. The molecular formula is C9H14Cl4N4O. The standard InChI is InChI=1S/C9H12Cl2N4O.2ClH/c10-6-3-7(11)9(15-5-6)14-2-1-13-8(16)4-12;;/h3,5H,1-2,4,12H2,(H,13,16)(H,14,15);2*1H. The van der Waals surface area contributed by atoms with Gasteiger partial charge in [-0.25, -0.2) is 4.98 Å². The first-order valence-corrected chi connectivity index (χ1v) is 5.40. The molecule has 0 saturated heterocycles. The van der Waals surface area contributed by atoms with Gasteiger partial charge in [0, 0.05) is 19.3 Å². The Hall–Kier alpha value is -0.460. The van der Waals surface area contributed by atoms with Crippen LogP contribution in [0.4, 0.5) is 5.82 Å². The van der Waals surface area contributed by atoms with E-state index in [1.807, 2.05) is 0 Å². The first-order valence-electron chi connectivity index (χ1n) is 4.65. The van der Waals surface area contributed by atoms with Crippen molar-refractivity contribution in [3.05, 3.63) is 22.3 Å². The summed E-state index contributed by atoms with van der Waals surface area (Å²) in [7, 11) is 0. The maximum Gasteiger partial charge on any atom is 0.233 e. The molecule has 0 aliphatic rings. The number of nitrogens with zero attached hydrogens (tertiary/aromatic N) is 1. The molecule has 18 heavy (non-hydrogen) atoms. The Balaban J connectivity index is 0. The van der Waals surface area contributed by atoms with Gasteiger partial charge in [0.2, 0.25) is 5.91 Å². The third-order valence-electron chi connectivity index (χ3n) is 1.73. The normalized spacial score (nSPS) is 8.83. The maximum absolute atomic E-state index is 10.8. The van der Waals surface area contributed by atoms with Gasteiger partial charge in [-0.15, -0.1) is 24.8 Å². The number of hydrogen-bond donors (Lipinski definition) is 3. The number of carbonyl (C=O) groups is 1. The van der Waals surface area contributed by atoms with Crippen molar-refractivity contribution >= 4 is 59.7 Å². The highest BCUT2D eigenvalue weighted by Crippen LogP contribution is 2.21. The minimum atomic E-state index is -0.197. The van der Waals surface area contributed by atoms with Gasteiger partial charge in [0.05, 0.1) is 16.6 Å². The van der Waals surface area contributed by atoms with Crippen LogP contribution in [0.15, 0.2) is 12.3 Å². The van der Waals surface area contributed by atoms with Crippen LogP contribution < -0.4 is 16.4 Å². The molecule has 0 saturated carbocycles. The zero-order chi connectivity index (χ0) is 12.0. The van der Waals surface area contributed by atoms with E-state index in [4.69, 9.17) is 28.9 Å². The number of halogens is 4. The Labute approximate surface area is 128 Å². The number of rotatable bonds is 5. The van der Waals surface area contributed by atoms with Crippen LogP contribution in [-0.2, 0) is 4.79 Å². The summed E-state index contributed by atoms with van der Waals surface area (Å²) in [6.07, 6.45) is 1.49. The van der Waals surface area contributed by atoms with E-state index >= 15 is 0 Å². The molecule has 0 unspecified atom stereocenters. The van der Waals surface area contributed by atoms with Crippen molar-refractivity contribution in [1.29, 1.82) is 0 Å². The molecule has 1 rings (SSSR count). The number of amides is 1. The van der Waals surface area contributed by atoms with Gasteiger partial charge in [-0.05, 0) is 6.07 Å². The number of hydrogen-bond acceptors (Lipinski definition) is 4. The summed E-state index contributed by atoms with van der Waals surface area (Å²) in [5, 5.41) is 6.49. The second-order valence-electron chi connectivity index (χ2n) is 2.96. The number of nitrogens with two attached hydrogens (primary N) is 1. The van der Waals surface area contributed by atoms with Crippen LogP contribution in [0.2, 0.25) is 10.0 Å². The van der Waals surface area contributed by atoms with Gasteiger partial charge >= 0.3 is 0 Å². The van der Waals surface area contributed by atoms with Crippen molar-refractivity contribution in [3.63, 3.8) is 0 Å². The molecule has 0 spiro atoms. The van der Waals surface area contributed by atoms with E-state index < -0.39 is 0 Å². The van der Waals surface area contributed by atoms with Crippen LogP contribution in [0.3, 0.4) is 0 Å². The van der Waals surface area contributed by atoms with Crippen LogP contribution in [0, 0.1) is 0 Å². The van der Waals surface area contributed by atoms with Crippen LogP contribution in [0.25, 0.3) is 0 Å². The third kappa shape index (κ3) is 7.08. The van der Waals surface area contributed by atoms with E-state index in [0.717, 1.165) is 0 Å². The van der Waals surface area contributed by atoms with E-state index in [9.17, 15) is 4.79 Å². The van der Waals surface area contributed by atoms with Crippen molar-refractivity contribution in [3.8, 4) is 0 Å². The average Bonchev–Trinajstić information content (AvgIpc) is 2.26. The molecule has 1 amide bonds. The molecule has 9 heteroatoms. The molecule has 1 aromatic heterocycles. The lowest BCUT2D eigenvalue weighted by molar-refractivity contribution is -0.119. The molecule has 0 bridgehead atoms. The van der Waals surface area contributed by atoms with Crippen molar-refractivity contribution in [2.75, 3.05) is 25.0 Å².